The smallest absolute Gasteiger partial charge is 0.308 e. The Labute approximate surface area is 195 Å². The molecular weight excluding hydrogens is 438 g/mol. The Bertz CT molecular complexity index is 1240. The number of anilines is 1. The van der Waals surface area contributed by atoms with E-state index in [9.17, 15) is 9.59 Å². The number of benzene rings is 1. The molecule has 3 aromatic rings. The van der Waals surface area contributed by atoms with Gasteiger partial charge in [0.25, 0.3) is 0 Å². The molecule has 7 heteroatoms. The van der Waals surface area contributed by atoms with Crippen LogP contribution in [0, 0.1) is 24.7 Å². The predicted molar refractivity (Wildman–Crippen MR) is 128 cm³/mol. The first kappa shape index (κ1) is 20.2. The second-order valence-corrected chi connectivity index (χ2v) is 11.5. The molecule has 2 aromatic heterocycles. The van der Waals surface area contributed by atoms with E-state index in [0.29, 0.717) is 17.1 Å². The third-order valence-electron chi connectivity index (χ3n) is 7.34. The summed E-state index contributed by atoms with van der Waals surface area (Å²) in [5, 5.41) is 4.48. The normalized spacial score (nSPS) is 27.7. The van der Waals surface area contributed by atoms with Crippen LogP contribution in [0.2, 0.25) is 0 Å². The molecule has 5 atom stereocenters. The Kier molecular flexibility index (Phi) is 4.99. The average Bonchev–Trinajstić information content (AvgIpc) is 3.47. The summed E-state index contributed by atoms with van der Waals surface area (Å²) in [6.45, 7) is 2.05. The number of carbonyl (C=O) groups excluding carboxylic acids is 1. The molecule has 2 bridgehead atoms. The highest BCUT2D eigenvalue weighted by Gasteiger charge is 2.55. The number of pyridine rings is 1. The van der Waals surface area contributed by atoms with Crippen LogP contribution in [0.5, 0.6) is 0 Å². The number of nitrogens with zero attached hydrogens (tertiary/aromatic N) is 2. The van der Waals surface area contributed by atoms with Gasteiger partial charge in [-0.3, -0.25) is 19.1 Å². The van der Waals surface area contributed by atoms with Crippen LogP contribution in [0.15, 0.2) is 58.6 Å². The molecule has 2 saturated carbocycles. The fraction of sp³-hybridized carbons (Fsp3) is 0.400. The van der Waals surface area contributed by atoms with Crippen LogP contribution in [-0.2, 0) is 11.3 Å². The van der Waals surface area contributed by atoms with Gasteiger partial charge < -0.3 is 5.32 Å². The maximum Gasteiger partial charge on any atom is 0.308 e. The van der Waals surface area contributed by atoms with Crippen LogP contribution >= 0.6 is 23.1 Å². The van der Waals surface area contributed by atoms with Crippen molar-refractivity contribution in [1.82, 2.24) is 9.55 Å². The number of amides is 1. The molecule has 1 aromatic carbocycles. The zero-order valence-electron chi connectivity index (χ0n) is 17.9. The molecule has 1 amide bonds. The Balaban J connectivity index is 1.36. The number of hydrogen-bond donors (Lipinski definition) is 1. The van der Waals surface area contributed by atoms with Crippen molar-refractivity contribution in [2.45, 2.75) is 48.9 Å². The Morgan fingerprint density at radius 1 is 1.22 bits per heavy atom. The van der Waals surface area contributed by atoms with Gasteiger partial charge in [0.1, 0.15) is 6.54 Å². The molecule has 0 spiro atoms. The van der Waals surface area contributed by atoms with Gasteiger partial charge in [-0.05, 0) is 73.3 Å². The zero-order valence-corrected chi connectivity index (χ0v) is 19.5. The first-order chi connectivity index (χ1) is 15.6. The van der Waals surface area contributed by atoms with Crippen molar-refractivity contribution >= 4 is 34.7 Å². The van der Waals surface area contributed by atoms with E-state index in [0.717, 1.165) is 27.1 Å². The number of rotatable bonds is 4. The Hall–Kier alpha value is -2.38. The molecule has 3 aliphatic rings. The SMILES string of the molecule is Cc1cccc(NC(=O)Cn2c3c(sc2=O)C(c2cccnc2)C2C4CCC(C4)C2S3)c1. The van der Waals surface area contributed by atoms with Crippen LogP contribution in [0.4, 0.5) is 5.69 Å². The third-order valence-corrected chi connectivity index (χ3v) is 10.2. The van der Waals surface area contributed by atoms with E-state index < -0.39 is 0 Å². The van der Waals surface area contributed by atoms with Gasteiger partial charge in [0.2, 0.25) is 5.91 Å². The molecule has 1 N–H and O–H groups in total. The monoisotopic (exact) mass is 463 g/mol. The summed E-state index contributed by atoms with van der Waals surface area (Å²) >= 11 is 3.19. The fourth-order valence-corrected chi connectivity index (χ4v) is 9.24. The van der Waals surface area contributed by atoms with E-state index in [1.54, 1.807) is 4.57 Å². The highest BCUT2D eigenvalue weighted by atomic mass is 32.2. The molecule has 0 saturated heterocycles. The molecule has 2 aliphatic carbocycles. The summed E-state index contributed by atoms with van der Waals surface area (Å²) in [5.41, 5.74) is 3.06. The highest BCUT2D eigenvalue weighted by Crippen LogP contribution is 2.63. The summed E-state index contributed by atoms with van der Waals surface area (Å²) in [6.07, 6.45) is 7.66. The number of aromatic nitrogens is 2. The minimum atomic E-state index is -0.160. The maximum atomic E-state index is 13.1. The molecule has 5 nitrogen and oxygen atoms in total. The first-order valence-electron chi connectivity index (χ1n) is 11.2. The van der Waals surface area contributed by atoms with Gasteiger partial charge in [0.15, 0.2) is 0 Å². The summed E-state index contributed by atoms with van der Waals surface area (Å²) in [5.74, 6) is 2.05. The summed E-state index contributed by atoms with van der Waals surface area (Å²) in [7, 11) is 0. The largest absolute Gasteiger partial charge is 0.325 e. The van der Waals surface area contributed by atoms with Crippen LogP contribution in [0.25, 0.3) is 0 Å². The predicted octanol–water partition coefficient (Wildman–Crippen LogP) is 4.90. The molecule has 6 rings (SSSR count). The number of hydrogen-bond acceptors (Lipinski definition) is 5. The van der Waals surface area contributed by atoms with E-state index in [1.807, 2.05) is 61.4 Å². The molecule has 32 heavy (non-hydrogen) atoms. The molecule has 164 valence electrons. The number of thioether (sulfide) groups is 1. The van der Waals surface area contributed by atoms with Crippen LogP contribution in [-0.4, -0.2) is 20.7 Å². The van der Waals surface area contributed by atoms with Crippen molar-refractivity contribution < 1.29 is 4.79 Å². The van der Waals surface area contributed by atoms with Gasteiger partial charge in [0.05, 0.1) is 5.03 Å². The van der Waals surface area contributed by atoms with Gasteiger partial charge in [-0.15, -0.1) is 11.8 Å². The summed E-state index contributed by atoms with van der Waals surface area (Å²) in [6, 6.07) is 11.9. The average molecular weight is 464 g/mol. The fourth-order valence-electron chi connectivity index (χ4n) is 6.09. The van der Waals surface area contributed by atoms with E-state index in [1.165, 1.54) is 36.2 Å². The second-order valence-electron chi connectivity index (χ2n) is 9.30. The molecule has 3 heterocycles. The first-order valence-corrected chi connectivity index (χ1v) is 12.9. The van der Waals surface area contributed by atoms with Gasteiger partial charge >= 0.3 is 4.87 Å². The molecule has 5 unspecified atom stereocenters. The molecule has 1 aliphatic heterocycles. The standard InChI is InChI=1S/C25H25N3O2S2/c1-14-4-2-6-18(10-14)27-19(29)13-28-24-23(32-25(28)30)21(17-5-3-9-26-12-17)20-15-7-8-16(11-15)22(20)31-24/h2-6,9-10,12,15-16,20-22H,7-8,11,13H2,1H3,(H,27,29). The number of thiazole rings is 1. The number of carbonyl (C=O) groups is 1. The van der Waals surface area contributed by atoms with Gasteiger partial charge in [0, 0.05) is 34.1 Å². The number of nitrogens with one attached hydrogen (secondary N) is 1. The second kappa shape index (κ2) is 7.89. The van der Waals surface area contributed by atoms with E-state index in [4.69, 9.17) is 0 Å². The van der Waals surface area contributed by atoms with Crippen molar-refractivity contribution in [2.75, 3.05) is 5.32 Å². The van der Waals surface area contributed by atoms with Crippen molar-refractivity contribution in [3.05, 3.63) is 74.5 Å². The zero-order chi connectivity index (χ0) is 21.8. The number of fused-ring (bicyclic) bond motifs is 6. The highest BCUT2D eigenvalue weighted by molar-refractivity contribution is 8.00. The van der Waals surface area contributed by atoms with E-state index in [2.05, 4.69) is 16.4 Å². The minimum absolute atomic E-state index is 0.0388. The van der Waals surface area contributed by atoms with Crippen LogP contribution in [0.1, 0.15) is 41.2 Å². The molecule has 2 fully saturated rings. The lowest BCUT2D eigenvalue weighted by molar-refractivity contribution is -0.116. The van der Waals surface area contributed by atoms with Gasteiger partial charge in [-0.1, -0.05) is 29.5 Å². The van der Waals surface area contributed by atoms with Gasteiger partial charge in [-0.2, -0.15) is 0 Å². The van der Waals surface area contributed by atoms with Crippen molar-refractivity contribution in [1.29, 1.82) is 0 Å². The van der Waals surface area contributed by atoms with Crippen LogP contribution < -0.4 is 10.2 Å². The Morgan fingerprint density at radius 3 is 2.91 bits per heavy atom. The lowest BCUT2D eigenvalue weighted by atomic mass is 9.75. The third kappa shape index (κ3) is 3.33. The number of aryl methyl sites for hydroxylation is 1. The maximum absolute atomic E-state index is 13.1. The molecule has 0 radical (unpaired) electrons. The summed E-state index contributed by atoms with van der Waals surface area (Å²) < 4.78 is 1.71. The summed E-state index contributed by atoms with van der Waals surface area (Å²) in [4.78, 5) is 31.4. The molecular formula is C25H25N3O2S2. The van der Waals surface area contributed by atoms with Crippen molar-refractivity contribution in [3.63, 3.8) is 0 Å². The Morgan fingerprint density at radius 2 is 2.09 bits per heavy atom. The lowest BCUT2D eigenvalue weighted by Crippen LogP contribution is -2.34. The topological polar surface area (TPSA) is 64.0 Å². The van der Waals surface area contributed by atoms with Crippen molar-refractivity contribution in [2.24, 2.45) is 17.8 Å². The minimum Gasteiger partial charge on any atom is -0.325 e. The van der Waals surface area contributed by atoms with E-state index in [-0.39, 0.29) is 23.2 Å². The quantitative estimate of drug-likeness (QED) is 0.598. The van der Waals surface area contributed by atoms with Gasteiger partial charge in [-0.25, -0.2) is 0 Å². The van der Waals surface area contributed by atoms with E-state index >= 15 is 0 Å². The van der Waals surface area contributed by atoms with Crippen molar-refractivity contribution in [3.8, 4) is 0 Å². The lowest BCUT2D eigenvalue weighted by Gasteiger charge is -2.40. The van der Waals surface area contributed by atoms with Crippen LogP contribution in [0.3, 0.4) is 0 Å².